The lowest BCUT2D eigenvalue weighted by Gasteiger charge is -2.09. The molecule has 1 heterocycles. The van der Waals surface area contributed by atoms with Gasteiger partial charge in [0.1, 0.15) is 6.54 Å². The van der Waals surface area contributed by atoms with Crippen molar-refractivity contribution in [2.24, 2.45) is 5.92 Å². The van der Waals surface area contributed by atoms with Gasteiger partial charge in [-0.2, -0.15) is 0 Å². The molecule has 9 nitrogen and oxygen atoms in total. The summed E-state index contributed by atoms with van der Waals surface area (Å²) in [5.41, 5.74) is 0.975. The summed E-state index contributed by atoms with van der Waals surface area (Å²) in [6, 6.07) is 6.39. The molecule has 0 bridgehead atoms. The number of amides is 3. The van der Waals surface area contributed by atoms with Gasteiger partial charge in [0.2, 0.25) is 0 Å². The highest BCUT2D eigenvalue weighted by Crippen LogP contribution is 2.22. The molecule has 1 aromatic carbocycles. The Morgan fingerprint density at radius 3 is 2.54 bits per heavy atom. The fourth-order valence-corrected chi connectivity index (χ4v) is 2.48. The van der Waals surface area contributed by atoms with Crippen molar-refractivity contribution in [1.82, 2.24) is 15.2 Å². The van der Waals surface area contributed by atoms with Crippen LogP contribution in [-0.4, -0.2) is 48.7 Å². The molecule has 0 unspecified atom stereocenters. The molecule has 28 heavy (non-hydrogen) atoms. The van der Waals surface area contributed by atoms with Gasteiger partial charge in [-0.05, 0) is 12.0 Å². The van der Waals surface area contributed by atoms with E-state index in [9.17, 15) is 19.2 Å². The lowest BCUT2D eigenvalue weighted by molar-refractivity contribution is -0.148. The highest BCUT2D eigenvalue weighted by Gasteiger charge is 2.17. The van der Waals surface area contributed by atoms with Crippen LogP contribution in [0.1, 0.15) is 24.2 Å². The summed E-state index contributed by atoms with van der Waals surface area (Å²) >= 11 is 0. The maximum atomic E-state index is 12.1. The molecule has 0 saturated heterocycles. The lowest BCUT2D eigenvalue weighted by atomic mass is 10.2. The lowest BCUT2D eigenvalue weighted by Crippen LogP contribution is -2.42. The first kappa shape index (κ1) is 20.9. The summed E-state index contributed by atoms with van der Waals surface area (Å²) in [4.78, 5) is 47.2. The molecule has 2 aromatic rings. The molecule has 3 amide bonds. The molecule has 150 valence electrons. The van der Waals surface area contributed by atoms with E-state index in [1.165, 1.54) is 17.9 Å². The van der Waals surface area contributed by atoms with Crippen molar-refractivity contribution in [2.45, 2.75) is 20.4 Å². The Labute approximate surface area is 162 Å². The van der Waals surface area contributed by atoms with E-state index in [1.807, 2.05) is 13.8 Å². The van der Waals surface area contributed by atoms with Gasteiger partial charge in [-0.25, -0.2) is 9.59 Å². The topological polar surface area (TPSA) is 116 Å². The molecule has 0 spiro atoms. The van der Waals surface area contributed by atoms with Crippen molar-refractivity contribution in [2.75, 3.05) is 20.3 Å². The van der Waals surface area contributed by atoms with Crippen molar-refractivity contribution in [3.05, 3.63) is 36.0 Å². The SMILES string of the molecule is COC(=O)c1cn(CC(=O)OCC(=O)NC(=O)NCC(C)C)c2ccccc12. The summed E-state index contributed by atoms with van der Waals surface area (Å²) in [6.45, 7) is 3.46. The van der Waals surface area contributed by atoms with Crippen LogP contribution in [0.5, 0.6) is 0 Å². The third-order valence-electron chi connectivity index (χ3n) is 3.78. The number of imide groups is 1. The minimum atomic E-state index is -0.734. The Hall–Kier alpha value is -3.36. The number of benzene rings is 1. The molecule has 0 aliphatic carbocycles. The van der Waals surface area contributed by atoms with Crippen LogP contribution in [0.4, 0.5) is 4.79 Å². The standard InChI is InChI=1S/C19H23N3O6/c1-12(2)8-20-19(26)21-16(23)11-28-17(24)10-22-9-14(18(25)27-3)13-6-4-5-7-15(13)22/h4-7,9,12H,8,10-11H2,1-3H3,(H2,20,21,23,26). The van der Waals surface area contributed by atoms with Crippen LogP contribution < -0.4 is 10.6 Å². The first-order valence-electron chi connectivity index (χ1n) is 8.71. The van der Waals surface area contributed by atoms with E-state index in [0.29, 0.717) is 23.0 Å². The van der Waals surface area contributed by atoms with Crippen LogP contribution >= 0.6 is 0 Å². The van der Waals surface area contributed by atoms with Gasteiger partial charge in [0, 0.05) is 23.6 Å². The van der Waals surface area contributed by atoms with Gasteiger partial charge in [-0.3, -0.25) is 14.9 Å². The van der Waals surface area contributed by atoms with Crippen molar-refractivity contribution in [1.29, 1.82) is 0 Å². The van der Waals surface area contributed by atoms with Crippen LogP contribution in [-0.2, 0) is 25.6 Å². The highest BCUT2D eigenvalue weighted by molar-refractivity contribution is 6.04. The molecule has 0 aliphatic heterocycles. The second-order valence-electron chi connectivity index (χ2n) is 6.49. The second kappa shape index (κ2) is 9.54. The van der Waals surface area contributed by atoms with Crippen LogP contribution in [0.25, 0.3) is 10.9 Å². The maximum Gasteiger partial charge on any atom is 0.340 e. The number of hydrogen-bond acceptors (Lipinski definition) is 6. The minimum absolute atomic E-state index is 0.204. The summed E-state index contributed by atoms with van der Waals surface area (Å²) in [5.74, 6) is -1.70. The molecule has 0 aliphatic rings. The first-order chi connectivity index (χ1) is 13.3. The fraction of sp³-hybridized carbons (Fsp3) is 0.368. The van der Waals surface area contributed by atoms with Crippen LogP contribution in [0.2, 0.25) is 0 Å². The number of carbonyl (C=O) groups is 4. The van der Waals surface area contributed by atoms with Crippen molar-refractivity contribution in [3.8, 4) is 0 Å². The average Bonchev–Trinajstić information content (AvgIpc) is 3.03. The molecule has 2 N–H and O–H groups in total. The van der Waals surface area contributed by atoms with E-state index in [-0.39, 0.29) is 12.5 Å². The normalized spacial score (nSPS) is 10.6. The molecule has 1 aromatic heterocycles. The number of carbonyl (C=O) groups excluding carboxylic acids is 4. The number of aromatic nitrogens is 1. The molecule has 0 fully saturated rings. The number of ether oxygens (including phenoxy) is 2. The summed E-state index contributed by atoms with van der Waals surface area (Å²) in [7, 11) is 1.28. The third kappa shape index (κ3) is 5.57. The molecule has 2 rings (SSSR count). The quantitative estimate of drug-likeness (QED) is 0.693. The van der Waals surface area contributed by atoms with Crippen molar-refractivity contribution >= 4 is 34.8 Å². The van der Waals surface area contributed by atoms with Crippen molar-refractivity contribution in [3.63, 3.8) is 0 Å². The third-order valence-corrected chi connectivity index (χ3v) is 3.78. The Balaban J connectivity index is 1.94. The van der Waals surface area contributed by atoms with E-state index in [1.54, 1.807) is 24.3 Å². The zero-order valence-corrected chi connectivity index (χ0v) is 16.0. The van der Waals surface area contributed by atoms with Gasteiger partial charge in [0.05, 0.1) is 12.7 Å². The van der Waals surface area contributed by atoms with Gasteiger partial charge < -0.3 is 19.4 Å². The molecular formula is C19H23N3O6. The Morgan fingerprint density at radius 2 is 1.86 bits per heavy atom. The van der Waals surface area contributed by atoms with Gasteiger partial charge >= 0.3 is 18.0 Å². The predicted octanol–water partition coefficient (Wildman–Crippen LogP) is 1.45. The van der Waals surface area contributed by atoms with Crippen LogP contribution in [0, 0.1) is 5.92 Å². The summed E-state index contributed by atoms with van der Waals surface area (Å²) < 4.78 is 11.2. The molecular weight excluding hydrogens is 366 g/mol. The number of nitrogens with zero attached hydrogens (tertiary/aromatic N) is 1. The van der Waals surface area contributed by atoms with Crippen LogP contribution in [0.3, 0.4) is 0 Å². The number of methoxy groups -OCH3 is 1. The molecule has 9 heteroatoms. The molecule has 0 radical (unpaired) electrons. The van der Waals surface area contributed by atoms with E-state index in [4.69, 9.17) is 9.47 Å². The number of urea groups is 1. The zero-order valence-electron chi connectivity index (χ0n) is 16.0. The number of rotatable bonds is 7. The largest absolute Gasteiger partial charge is 0.465 e. The van der Waals surface area contributed by atoms with Crippen LogP contribution in [0.15, 0.2) is 30.5 Å². The number of esters is 2. The number of para-hydroxylation sites is 1. The van der Waals surface area contributed by atoms with E-state index in [2.05, 4.69) is 10.6 Å². The highest BCUT2D eigenvalue weighted by atomic mass is 16.5. The Kier molecular flexibility index (Phi) is 7.14. The average molecular weight is 389 g/mol. The molecule has 0 atom stereocenters. The van der Waals surface area contributed by atoms with Gasteiger partial charge in [0.15, 0.2) is 6.61 Å². The predicted molar refractivity (Wildman–Crippen MR) is 101 cm³/mol. The summed E-state index contributed by atoms with van der Waals surface area (Å²) in [6.07, 6.45) is 1.50. The zero-order chi connectivity index (χ0) is 20.7. The Morgan fingerprint density at radius 1 is 1.14 bits per heavy atom. The van der Waals surface area contributed by atoms with E-state index in [0.717, 1.165) is 0 Å². The fourth-order valence-electron chi connectivity index (χ4n) is 2.48. The number of nitrogens with one attached hydrogen (secondary N) is 2. The van der Waals surface area contributed by atoms with E-state index >= 15 is 0 Å². The monoisotopic (exact) mass is 389 g/mol. The van der Waals surface area contributed by atoms with Crippen molar-refractivity contribution < 1.29 is 28.7 Å². The number of hydrogen-bond donors (Lipinski definition) is 2. The maximum absolute atomic E-state index is 12.1. The van der Waals surface area contributed by atoms with E-state index < -0.39 is 30.5 Å². The first-order valence-corrected chi connectivity index (χ1v) is 8.71. The van der Waals surface area contributed by atoms with Gasteiger partial charge in [-0.1, -0.05) is 32.0 Å². The smallest absolute Gasteiger partial charge is 0.340 e. The number of fused-ring (bicyclic) bond motifs is 1. The summed E-state index contributed by atoms with van der Waals surface area (Å²) in [5, 5.41) is 5.24. The second-order valence-corrected chi connectivity index (χ2v) is 6.49. The Bertz CT molecular complexity index is 887. The minimum Gasteiger partial charge on any atom is -0.465 e. The molecule has 0 saturated carbocycles. The van der Waals surface area contributed by atoms with Gasteiger partial charge in [-0.15, -0.1) is 0 Å². The van der Waals surface area contributed by atoms with Gasteiger partial charge in [0.25, 0.3) is 5.91 Å².